The van der Waals surface area contributed by atoms with E-state index in [9.17, 15) is 10.1 Å². The molecule has 28 heavy (non-hydrogen) atoms. The smallest absolute Gasteiger partial charge is 0.268 e. The molecule has 0 aliphatic heterocycles. The zero-order valence-electron chi connectivity index (χ0n) is 14.2. The molecule has 1 amide bonds. The van der Waals surface area contributed by atoms with E-state index in [2.05, 4.69) is 10.3 Å². The van der Waals surface area contributed by atoms with E-state index in [1.165, 1.54) is 17.4 Å². The van der Waals surface area contributed by atoms with Gasteiger partial charge in [0.05, 0.1) is 0 Å². The predicted octanol–water partition coefficient (Wildman–Crippen LogP) is 6.24. The number of thiazole rings is 1. The van der Waals surface area contributed by atoms with Crippen LogP contribution in [0.3, 0.4) is 0 Å². The highest BCUT2D eigenvalue weighted by Gasteiger charge is 2.13. The summed E-state index contributed by atoms with van der Waals surface area (Å²) in [7, 11) is 0. The maximum atomic E-state index is 12.4. The summed E-state index contributed by atoms with van der Waals surface area (Å²) in [6, 6.07) is 14.1. The molecule has 8 heteroatoms. The van der Waals surface area contributed by atoms with Crippen LogP contribution in [0.2, 0.25) is 15.1 Å². The summed E-state index contributed by atoms with van der Waals surface area (Å²) in [5, 5.41) is 14.0. The monoisotopic (exact) mass is 447 g/mol. The number of amides is 1. The van der Waals surface area contributed by atoms with E-state index in [1.54, 1.807) is 48.7 Å². The number of carbonyl (C=O) groups excluding carboxylic acids is 1. The van der Waals surface area contributed by atoms with Gasteiger partial charge in [-0.1, -0.05) is 53.0 Å². The molecular formula is C20H12Cl3N3OS. The van der Waals surface area contributed by atoms with Gasteiger partial charge in [0.15, 0.2) is 5.13 Å². The van der Waals surface area contributed by atoms with E-state index in [1.807, 2.05) is 6.07 Å². The molecule has 1 aromatic heterocycles. The normalized spacial score (nSPS) is 11.1. The van der Waals surface area contributed by atoms with Crippen molar-refractivity contribution < 1.29 is 4.79 Å². The van der Waals surface area contributed by atoms with Crippen molar-refractivity contribution in [2.75, 3.05) is 5.32 Å². The summed E-state index contributed by atoms with van der Waals surface area (Å²) in [4.78, 5) is 17.5. The van der Waals surface area contributed by atoms with Crippen LogP contribution in [-0.4, -0.2) is 10.9 Å². The van der Waals surface area contributed by atoms with Crippen molar-refractivity contribution >= 4 is 63.3 Å². The summed E-state index contributed by atoms with van der Waals surface area (Å²) in [5.74, 6) is -0.552. The lowest BCUT2D eigenvalue weighted by molar-refractivity contribution is -0.112. The topological polar surface area (TPSA) is 65.8 Å². The van der Waals surface area contributed by atoms with E-state index in [0.717, 1.165) is 10.4 Å². The van der Waals surface area contributed by atoms with E-state index in [0.29, 0.717) is 32.2 Å². The highest BCUT2D eigenvalue weighted by Crippen LogP contribution is 2.27. The van der Waals surface area contributed by atoms with Gasteiger partial charge in [-0.05, 0) is 41.5 Å². The minimum absolute atomic E-state index is 0.0669. The first kappa shape index (κ1) is 20.4. The van der Waals surface area contributed by atoms with Gasteiger partial charge in [0, 0.05) is 32.6 Å². The Morgan fingerprint density at radius 2 is 1.96 bits per heavy atom. The van der Waals surface area contributed by atoms with Crippen LogP contribution in [0.5, 0.6) is 0 Å². The van der Waals surface area contributed by atoms with Gasteiger partial charge in [-0.3, -0.25) is 10.1 Å². The van der Waals surface area contributed by atoms with Crippen molar-refractivity contribution in [3.8, 4) is 6.07 Å². The number of rotatable bonds is 5. The standard InChI is InChI=1S/C20H12Cl3N3OS/c21-15-5-6-18(23)13(8-15)9-16-11-25-20(28-16)26-19(27)14(10-24)7-12-3-1-2-4-17(12)22/h1-8,11H,9H2,(H,25,26,27)/b14-7+. The van der Waals surface area contributed by atoms with Crippen molar-refractivity contribution in [3.63, 3.8) is 0 Å². The van der Waals surface area contributed by atoms with Gasteiger partial charge in [0.25, 0.3) is 5.91 Å². The molecule has 0 saturated carbocycles. The minimum Gasteiger partial charge on any atom is -0.297 e. The first-order chi connectivity index (χ1) is 13.5. The molecule has 3 rings (SSSR count). The third-order valence-corrected chi connectivity index (χ3v) is 5.58. The molecule has 0 bridgehead atoms. The van der Waals surface area contributed by atoms with E-state index < -0.39 is 5.91 Å². The molecule has 2 aromatic carbocycles. The third-order valence-electron chi connectivity index (χ3n) is 3.72. The number of aromatic nitrogens is 1. The van der Waals surface area contributed by atoms with Crippen LogP contribution in [0.1, 0.15) is 16.0 Å². The van der Waals surface area contributed by atoms with Crippen LogP contribution in [0.25, 0.3) is 6.08 Å². The van der Waals surface area contributed by atoms with E-state index in [-0.39, 0.29) is 5.57 Å². The Bertz CT molecular complexity index is 1100. The predicted molar refractivity (Wildman–Crippen MR) is 115 cm³/mol. The van der Waals surface area contributed by atoms with Gasteiger partial charge >= 0.3 is 0 Å². The van der Waals surface area contributed by atoms with Gasteiger partial charge in [-0.25, -0.2) is 4.98 Å². The van der Waals surface area contributed by atoms with Gasteiger partial charge in [0.2, 0.25) is 0 Å². The third kappa shape index (κ3) is 5.12. The molecule has 140 valence electrons. The highest BCUT2D eigenvalue weighted by molar-refractivity contribution is 7.15. The molecule has 0 saturated heterocycles. The summed E-state index contributed by atoms with van der Waals surface area (Å²) in [6.07, 6.45) is 3.63. The van der Waals surface area contributed by atoms with Crippen LogP contribution < -0.4 is 5.32 Å². The van der Waals surface area contributed by atoms with Crippen molar-refractivity contribution in [3.05, 3.63) is 85.3 Å². The molecule has 0 aliphatic rings. The molecular weight excluding hydrogens is 437 g/mol. The summed E-state index contributed by atoms with van der Waals surface area (Å²) in [5.41, 5.74) is 1.39. The first-order valence-corrected chi connectivity index (χ1v) is 9.97. The van der Waals surface area contributed by atoms with E-state index in [4.69, 9.17) is 34.8 Å². The van der Waals surface area contributed by atoms with Gasteiger partial charge in [0.1, 0.15) is 11.6 Å². The van der Waals surface area contributed by atoms with Crippen molar-refractivity contribution in [2.45, 2.75) is 6.42 Å². The number of carbonyl (C=O) groups is 1. The average molecular weight is 449 g/mol. The molecule has 1 N–H and O–H groups in total. The minimum atomic E-state index is -0.552. The number of hydrogen-bond acceptors (Lipinski definition) is 4. The second-order valence-corrected chi connectivity index (χ2v) is 8.06. The fourth-order valence-corrected chi connectivity index (χ4v) is 3.77. The molecule has 0 unspecified atom stereocenters. The van der Waals surface area contributed by atoms with Crippen LogP contribution in [0, 0.1) is 11.3 Å². The molecule has 0 spiro atoms. The lowest BCUT2D eigenvalue weighted by atomic mass is 10.1. The number of hydrogen-bond donors (Lipinski definition) is 1. The zero-order valence-corrected chi connectivity index (χ0v) is 17.3. The fraction of sp³-hybridized carbons (Fsp3) is 0.0500. The Morgan fingerprint density at radius 3 is 2.71 bits per heavy atom. The van der Waals surface area contributed by atoms with Gasteiger partial charge < -0.3 is 0 Å². The van der Waals surface area contributed by atoms with Crippen LogP contribution >= 0.6 is 46.1 Å². The number of benzene rings is 2. The van der Waals surface area contributed by atoms with Crippen molar-refractivity contribution in [2.24, 2.45) is 0 Å². The first-order valence-electron chi connectivity index (χ1n) is 8.02. The quantitative estimate of drug-likeness (QED) is 0.371. The molecule has 4 nitrogen and oxygen atoms in total. The molecule has 0 aliphatic carbocycles. The second-order valence-electron chi connectivity index (χ2n) is 5.69. The molecule has 1 heterocycles. The van der Waals surface area contributed by atoms with E-state index >= 15 is 0 Å². The highest BCUT2D eigenvalue weighted by atomic mass is 35.5. The number of halogens is 3. The van der Waals surface area contributed by atoms with Crippen LogP contribution in [-0.2, 0) is 11.2 Å². The Balaban J connectivity index is 1.73. The molecule has 0 atom stereocenters. The number of anilines is 1. The molecule has 0 fully saturated rings. The number of nitriles is 1. The van der Waals surface area contributed by atoms with Gasteiger partial charge in [-0.15, -0.1) is 11.3 Å². The lowest BCUT2D eigenvalue weighted by Crippen LogP contribution is -2.13. The largest absolute Gasteiger partial charge is 0.297 e. The number of nitrogens with one attached hydrogen (secondary N) is 1. The Morgan fingerprint density at radius 1 is 1.18 bits per heavy atom. The molecule has 3 aromatic rings. The van der Waals surface area contributed by atoms with Crippen molar-refractivity contribution in [1.29, 1.82) is 5.26 Å². The van der Waals surface area contributed by atoms with Gasteiger partial charge in [-0.2, -0.15) is 5.26 Å². The molecule has 0 radical (unpaired) electrons. The van der Waals surface area contributed by atoms with Crippen LogP contribution in [0.4, 0.5) is 5.13 Å². The summed E-state index contributed by atoms with van der Waals surface area (Å²) >= 11 is 19.6. The maximum Gasteiger partial charge on any atom is 0.268 e. The Labute approximate surface area is 181 Å². The Kier molecular flexibility index (Phi) is 6.71. The maximum absolute atomic E-state index is 12.4. The zero-order chi connectivity index (χ0) is 20.1. The average Bonchev–Trinajstić information content (AvgIpc) is 3.10. The summed E-state index contributed by atoms with van der Waals surface area (Å²) in [6.45, 7) is 0. The Hall–Kier alpha value is -2.36. The lowest BCUT2D eigenvalue weighted by Gasteiger charge is -2.03. The SMILES string of the molecule is N#C/C(=C\c1ccccc1Cl)C(=O)Nc1ncc(Cc2cc(Cl)ccc2Cl)s1. The number of nitrogens with zero attached hydrogens (tertiary/aromatic N) is 2. The van der Waals surface area contributed by atoms with Crippen molar-refractivity contribution in [1.82, 2.24) is 4.98 Å². The second kappa shape index (κ2) is 9.22. The summed E-state index contributed by atoms with van der Waals surface area (Å²) < 4.78 is 0. The van der Waals surface area contributed by atoms with Crippen LogP contribution in [0.15, 0.2) is 54.2 Å². The fourth-order valence-electron chi connectivity index (χ4n) is 2.37.